The van der Waals surface area contributed by atoms with Gasteiger partial charge >= 0.3 is 0 Å². The van der Waals surface area contributed by atoms with Crippen molar-refractivity contribution in [2.75, 3.05) is 19.4 Å². The Morgan fingerprint density at radius 2 is 1.68 bits per heavy atom. The number of carbonyl (C=O) groups is 2. The summed E-state index contributed by atoms with van der Waals surface area (Å²) in [5, 5.41) is 26.1. The van der Waals surface area contributed by atoms with Crippen LogP contribution in [0.4, 0.5) is 16.5 Å². The maximum atomic E-state index is 12.2. The Hall–Kier alpha value is -4.19. The van der Waals surface area contributed by atoms with E-state index >= 15 is 0 Å². The van der Waals surface area contributed by atoms with Crippen LogP contribution in [0, 0.1) is 20.2 Å². The van der Waals surface area contributed by atoms with Crippen LogP contribution in [-0.2, 0) is 4.79 Å². The SMILES string of the molecule is CN(C)C=O.O=C(Nc1nc(-c2cccc([N+](=O)[O-])c2)cs1)c1ccc([N+](=O)[O-])cc1. The predicted octanol–water partition coefficient (Wildman–Crippen LogP) is 3.58. The van der Waals surface area contributed by atoms with Crippen LogP contribution in [0.25, 0.3) is 11.3 Å². The van der Waals surface area contributed by atoms with Crippen molar-refractivity contribution in [3.8, 4) is 11.3 Å². The molecule has 11 nitrogen and oxygen atoms in total. The second kappa shape index (κ2) is 10.5. The Balaban J connectivity index is 0.000000614. The van der Waals surface area contributed by atoms with Gasteiger partial charge in [-0.3, -0.25) is 35.1 Å². The van der Waals surface area contributed by atoms with E-state index in [1.54, 1.807) is 31.6 Å². The molecule has 0 atom stereocenters. The molecule has 0 spiro atoms. The number of amides is 2. The number of nitrogens with one attached hydrogen (secondary N) is 1. The summed E-state index contributed by atoms with van der Waals surface area (Å²) in [6.07, 6.45) is 0.750. The van der Waals surface area contributed by atoms with E-state index in [-0.39, 0.29) is 16.9 Å². The molecular formula is C19H17N5O6S. The van der Waals surface area contributed by atoms with E-state index in [2.05, 4.69) is 10.3 Å². The molecule has 31 heavy (non-hydrogen) atoms. The number of thiazole rings is 1. The van der Waals surface area contributed by atoms with Crippen molar-refractivity contribution < 1.29 is 19.4 Å². The summed E-state index contributed by atoms with van der Waals surface area (Å²) >= 11 is 1.17. The number of non-ortho nitro benzene ring substituents is 2. The van der Waals surface area contributed by atoms with Crippen molar-refractivity contribution >= 4 is 40.2 Å². The molecule has 0 saturated heterocycles. The van der Waals surface area contributed by atoms with E-state index < -0.39 is 15.8 Å². The van der Waals surface area contributed by atoms with Gasteiger partial charge in [0.1, 0.15) is 0 Å². The molecule has 2 aromatic carbocycles. The highest BCUT2D eigenvalue weighted by molar-refractivity contribution is 7.14. The Bertz CT molecular complexity index is 1100. The first-order valence-corrected chi connectivity index (χ1v) is 9.47. The Kier molecular flexibility index (Phi) is 7.86. The van der Waals surface area contributed by atoms with Gasteiger partial charge in [0.15, 0.2) is 5.13 Å². The molecule has 1 N–H and O–H groups in total. The molecule has 12 heteroatoms. The average molecular weight is 443 g/mol. The van der Waals surface area contributed by atoms with E-state index in [0.717, 1.165) is 6.41 Å². The minimum atomic E-state index is -0.548. The summed E-state index contributed by atoms with van der Waals surface area (Å²) < 4.78 is 0. The lowest BCUT2D eigenvalue weighted by atomic mass is 10.1. The number of nitro benzene ring substituents is 2. The van der Waals surface area contributed by atoms with Gasteiger partial charge in [-0.05, 0) is 12.1 Å². The second-order valence-electron chi connectivity index (χ2n) is 6.17. The number of aromatic nitrogens is 1. The summed E-state index contributed by atoms with van der Waals surface area (Å²) in [5.41, 5.74) is 1.16. The highest BCUT2D eigenvalue weighted by Gasteiger charge is 2.13. The number of nitrogens with zero attached hydrogens (tertiary/aromatic N) is 4. The summed E-state index contributed by atoms with van der Waals surface area (Å²) in [4.78, 5) is 47.7. The number of benzene rings is 2. The monoisotopic (exact) mass is 443 g/mol. The standard InChI is InChI=1S/C16H10N4O5S.C3H7NO/c21-15(10-4-6-12(7-5-10)19(22)23)18-16-17-14(9-26-16)11-2-1-3-13(8-11)20(24)25;1-4(2)3-5/h1-9H,(H,17,18,21);3H,1-2H3. The highest BCUT2D eigenvalue weighted by atomic mass is 32.1. The van der Waals surface area contributed by atoms with Crippen LogP contribution in [0.3, 0.4) is 0 Å². The van der Waals surface area contributed by atoms with E-state index in [1.165, 1.54) is 52.6 Å². The molecular weight excluding hydrogens is 426 g/mol. The molecule has 0 saturated carbocycles. The number of hydrogen-bond acceptors (Lipinski definition) is 8. The van der Waals surface area contributed by atoms with Crippen LogP contribution >= 0.6 is 11.3 Å². The minimum absolute atomic E-state index is 0.0491. The fraction of sp³-hybridized carbons (Fsp3) is 0.105. The first-order chi connectivity index (χ1) is 14.7. The van der Waals surface area contributed by atoms with Gasteiger partial charge in [-0.2, -0.15) is 0 Å². The van der Waals surface area contributed by atoms with Gasteiger partial charge in [0.2, 0.25) is 6.41 Å². The van der Waals surface area contributed by atoms with Crippen molar-refractivity contribution in [1.82, 2.24) is 9.88 Å². The van der Waals surface area contributed by atoms with Crippen molar-refractivity contribution in [3.05, 3.63) is 79.7 Å². The topological polar surface area (TPSA) is 149 Å². The van der Waals surface area contributed by atoms with Gasteiger partial charge in [-0.15, -0.1) is 11.3 Å². The van der Waals surface area contributed by atoms with Crippen molar-refractivity contribution in [1.29, 1.82) is 0 Å². The van der Waals surface area contributed by atoms with Crippen molar-refractivity contribution in [3.63, 3.8) is 0 Å². The lowest BCUT2D eigenvalue weighted by Crippen LogP contribution is -2.11. The maximum absolute atomic E-state index is 12.2. The highest BCUT2D eigenvalue weighted by Crippen LogP contribution is 2.27. The number of rotatable bonds is 6. The molecule has 0 aliphatic carbocycles. The molecule has 3 rings (SSSR count). The first-order valence-electron chi connectivity index (χ1n) is 8.59. The van der Waals surface area contributed by atoms with Crippen LogP contribution in [0.5, 0.6) is 0 Å². The molecule has 3 aromatic rings. The number of anilines is 1. The average Bonchev–Trinajstić information content (AvgIpc) is 3.22. The number of hydrogen-bond donors (Lipinski definition) is 1. The maximum Gasteiger partial charge on any atom is 0.270 e. The van der Waals surface area contributed by atoms with E-state index in [4.69, 9.17) is 0 Å². The zero-order chi connectivity index (χ0) is 23.0. The summed E-state index contributed by atoms with van der Waals surface area (Å²) in [6, 6.07) is 11.2. The third-order valence-electron chi connectivity index (χ3n) is 3.63. The van der Waals surface area contributed by atoms with Gasteiger partial charge in [0, 0.05) is 54.9 Å². The van der Waals surface area contributed by atoms with Gasteiger partial charge in [0.25, 0.3) is 17.3 Å². The molecule has 160 valence electrons. The summed E-state index contributed by atoms with van der Waals surface area (Å²) in [5.74, 6) is -0.458. The number of carbonyl (C=O) groups excluding carboxylic acids is 2. The van der Waals surface area contributed by atoms with E-state index in [9.17, 15) is 29.8 Å². The molecule has 2 amide bonds. The van der Waals surface area contributed by atoms with Gasteiger partial charge in [0.05, 0.1) is 15.5 Å². The summed E-state index contributed by atoms with van der Waals surface area (Å²) in [6.45, 7) is 0. The molecule has 0 aliphatic heterocycles. The second-order valence-corrected chi connectivity index (χ2v) is 7.03. The largest absolute Gasteiger partial charge is 0.351 e. The molecule has 0 fully saturated rings. The fourth-order valence-electron chi connectivity index (χ4n) is 2.15. The molecule has 1 heterocycles. The summed E-state index contributed by atoms with van der Waals surface area (Å²) in [7, 11) is 3.38. The van der Waals surface area contributed by atoms with E-state index in [0.29, 0.717) is 16.4 Å². The number of nitro groups is 2. The Labute approximate surface area is 180 Å². The van der Waals surface area contributed by atoms with Gasteiger partial charge in [-0.1, -0.05) is 12.1 Å². The zero-order valence-electron chi connectivity index (χ0n) is 16.4. The van der Waals surface area contributed by atoms with Crippen molar-refractivity contribution in [2.45, 2.75) is 0 Å². The Morgan fingerprint density at radius 1 is 1.06 bits per heavy atom. The first kappa shape index (κ1) is 23.1. The van der Waals surface area contributed by atoms with Crippen LogP contribution in [-0.4, -0.2) is 46.1 Å². The zero-order valence-corrected chi connectivity index (χ0v) is 17.2. The third-order valence-corrected chi connectivity index (χ3v) is 4.39. The van der Waals surface area contributed by atoms with Crippen LogP contribution < -0.4 is 5.32 Å². The van der Waals surface area contributed by atoms with Gasteiger partial charge < -0.3 is 4.90 Å². The van der Waals surface area contributed by atoms with Gasteiger partial charge in [-0.25, -0.2) is 4.98 Å². The Morgan fingerprint density at radius 3 is 2.23 bits per heavy atom. The quantitative estimate of drug-likeness (QED) is 0.347. The van der Waals surface area contributed by atoms with Crippen LogP contribution in [0.15, 0.2) is 53.9 Å². The third kappa shape index (κ3) is 6.68. The van der Waals surface area contributed by atoms with Crippen LogP contribution in [0.1, 0.15) is 10.4 Å². The van der Waals surface area contributed by atoms with Crippen molar-refractivity contribution in [2.24, 2.45) is 0 Å². The van der Waals surface area contributed by atoms with E-state index in [1.807, 2.05) is 0 Å². The fourth-order valence-corrected chi connectivity index (χ4v) is 2.86. The molecule has 0 bridgehead atoms. The predicted molar refractivity (Wildman–Crippen MR) is 115 cm³/mol. The normalized spacial score (nSPS) is 9.74. The minimum Gasteiger partial charge on any atom is -0.351 e. The smallest absolute Gasteiger partial charge is 0.270 e. The lowest BCUT2D eigenvalue weighted by Gasteiger charge is -2.01. The molecule has 0 radical (unpaired) electrons. The van der Waals surface area contributed by atoms with Crippen LogP contribution in [0.2, 0.25) is 0 Å². The molecule has 0 unspecified atom stereocenters. The molecule has 1 aromatic heterocycles. The lowest BCUT2D eigenvalue weighted by molar-refractivity contribution is -0.385. The molecule has 0 aliphatic rings.